The first-order chi connectivity index (χ1) is 12.0. The van der Waals surface area contributed by atoms with Crippen molar-refractivity contribution in [3.8, 4) is 0 Å². The predicted molar refractivity (Wildman–Crippen MR) is 97.1 cm³/mol. The first-order valence-corrected chi connectivity index (χ1v) is 9.22. The van der Waals surface area contributed by atoms with Gasteiger partial charge < -0.3 is 10.2 Å². The lowest BCUT2D eigenvalue weighted by Crippen LogP contribution is -2.39. The number of amides is 2. The Morgan fingerprint density at radius 2 is 2.12 bits per heavy atom. The zero-order valence-electron chi connectivity index (χ0n) is 14.7. The molecule has 1 N–H and O–H groups in total. The van der Waals surface area contributed by atoms with E-state index in [0.717, 1.165) is 40.7 Å². The van der Waals surface area contributed by atoms with Crippen molar-refractivity contribution in [3.63, 3.8) is 0 Å². The van der Waals surface area contributed by atoms with Gasteiger partial charge in [0.2, 0.25) is 0 Å². The van der Waals surface area contributed by atoms with E-state index >= 15 is 0 Å². The lowest BCUT2D eigenvalue weighted by Gasteiger charge is -2.32. The van der Waals surface area contributed by atoms with Gasteiger partial charge >= 0.3 is 0 Å². The number of rotatable bonds is 3. The summed E-state index contributed by atoms with van der Waals surface area (Å²) in [5, 5.41) is 3.51. The number of nitrogens with one attached hydrogen (secondary N) is 1. The van der Waals surface area contributed by atoms with Crippen LogP contribution < -0.4 is 5.32 Å². The van der Waals surface area contributed by atoms with Gasteiger partial charge in [-0.1, -0.05) is 0 Å². The summed E-state index contributed by atoms with van der Waals surface area (Å²) in [6.45, 7) is 5.23. The minimum Gasteiger partial charge on any atom is -0.355 e. The zero-order valence-corrected chi connectivity index (χ0v) is 15.5. The number of pyridine rings is 1. The summed E-state index contributed by atoms with van der Waals surface area (Å²) in [5.41, 5.74) is 2.29. The number of piperidine rings is 1. The summed E-state index contributed by atoms with van der Waals surface area (Å²) >= 11 is 1.46. The lowest BCUT2D eigenvalue weighted by molar-refractivity contribution is 0.0709. The molecule has 7 heteroatoms. The lowest BCUT2D eigenvalue weighted by atomic mass is 9.94. The maximum absolute atomic E-state index is 12.8. The Balaban J connectivity index is 1.73. The van der Waals surface area contributed by atoms with Crippen LogP contribution in [0.4, 0.5) is 0 Å². The van der Waals surface area contributed by atoms with Crippen LogP contribution >= 0.6 is 11.3 Å². The van der Waals surface area contributed by atoms with E-state index in [9.17, 15) is 9.59 Å². The third-order valence-corrected chi connectivity index (χ3v) is 5.56. The van der Waals surface area contributed by atoms with E-state index in [-0.39, 0.29) is 17.7 Å². The molecule has 0 spiro atoms. The summed E-state index contributed by atoms with van der Waals surface area (Å²) in [7, 11) is 1.60. The molecular weight excluding hydrogens is 336 g/mol. The molecule has 0 saturated carbocycles. The van der Waals surface area contributed by atoms with Gasteiger partial charge in [0, 0.05) is 37.9 Å². The summed E-state index contributed by atoms with van der Waals surface area (Å²) in [5.74, 6) is 0.121. The fraction of sp³-hybridized carbons (Fsp3) is 0.444. The molecule has 132 valence electrons. The van der Waals surface area contributed by atoms with E-state index < -0.39 is 0 Å². The van der Waals surface area contributed by atoms with E-state index in [4.69, 9.17) is 0 Å². The molecule has 0 aliphatic carbocycles. The molecule has 25 heavy (non-hydrogen) atoms. The average Bonchev–Trinajstić information content (AvgIpc) is 2.98. The molecule has 1 saturated heterocycles. The van der Waals surface area contributed by atoms with Gasteiger partial charge in [-0.25, -0.2) is 4.98 Å². The second-order valence-electron chi connectivity index (χ2n) is 6.29. The van der Waals surface area contributed by atoms with E-state index in [2.05, 4.69) is 15.3 Å². The SMILES string of the molecule is CNC(=O)c1ccc([C@@H]2CCCN(C(=O)c3sc(C)nc3C)C2)nc1. The van der Waals surface area contributed by atoms with Gasteiger partial charge in [0.1, 0.15) is 4.88 Å². The normalized spacial score (nSPS) is 17.4. The summed E-state index contributed by atoms with van der Waals surface area (Å²) in [6.07, 6.45) is 3.55. The number of likely N-dealkylation sites (tertiary alicyclic amines) is 1. The number of aryl methyl sites for hydroxylation is 2. The highest BCUT2D eigenvalue weighted by molar-refractivity contribution is 7.13. The maximum atomic E-state index is 12.8. The molecule has 2 aromatic rings. The largest absolute Gasteiger partial charge is 0.355 e. The van der Waals surface area contributed by atoms with Gasteiger partial charge in [-0.05, 0) is 38.8 Å². The van der Waals surface area contributed by atoms with E-state index in [1.54, 1.807) is 19.3 Å². The monoisotopic (exact) mass is 358 g/mol. The van der Waals surface area contributed by atoms with Crippen molar-refractivity contribution in [1.29, 1.82) is 0 Å². The van der Waals surface area contributed by atoms with Gasteiger partial charge in [-0.3, -0.25) is 14.6 Å². The minimum absolute atomic E-state index is 0.0646. The highest BCUT2D eigenvalue weighted by Crippen LogP contribution is 2.28. The number of thiazole rings is 1. The highest BCUT2D eigenvalue weighted by atomic mass is 32.1. The molecule has 0 unspecified atom stereocenters. The van der Waals surface area contributed by atoms with Crippen LogP contribution in [0.3, 0.4) is 0 Å². The Morgan fingerprint density at radius 3 is 2.72 bits per heavy atom. The fourth-order valence-electron chi connectivity index (χ4n) is 3.20. The molecule has 1 aliphatic heterocycles. The van der Waals surface area contributed by atoms with Crippen molar-refractivity contribution in [3.05, 3.63) is 45.2 Å². The van der Waals surface area contributed by atoms with Crippen LogP contribution in [0.2, 0.25) is 0 Å². The van der Waals surface area contributed by atoms with E-state index in [1.165, 1.54) is 11.3 Å². The molecule has 2 amide bonds. The first kappa shape index (κ1) is 17.5. The van der Waals surface area contributed by atoms with Gasteiger partial charge in [0.25, 0.3) is 11.8 Å². The Hall–Kier alpha value is -2.28. The van der Waals surface area contributed by atoms with Gasteiger partial charge in [-0.2, -0.15) is 0 Å². The topological polar surface area (TPSA) is 75.2 Å². The predicted octanol–water partition coefficient (Wildman–Crippen LogP) is 2.53. The van der Waals surface area contributed by atoms with Crippen molar-refractivity contribution in [1.82, 2.24) is 20.2 Å². The Kier molecular flexibility index (Phi) is 5.13. The van der Waals surface area contributed by atoms with Crippen LogP contribution in [0.1, 0.15) is 55.2 Å². The number of carbonyl (C=O) groups excluding carboxylic acids is 2. The summed E-state index contributed by atoms with van der Waals surface area (Å²) < 4.78 is 0. The fourth-order valence-corrected chi connectivity index (χ4v) is 4.09. The third-order valence-electron chi connectivity index (χ3n) is 4.50. The van der Waals surface area contributed by atoms with E-state index in [1.807, 2.05) is 24.8 Å². The van der Waals surface area contributed by atoms with Crippen molar-refractivity contribution >= 4 is 23.2 Å². The molecule has 2 aromatic heterocycles. The standard InChI is InChI=1S/C18H22N4O2S/c1-11-16(25-12(2)21-11)18(24)22-8-4-5-14(10-22)15-7-6-13(9-20-15)17(23)19-3/h6-7,9,14H,4-5,8,10H2,1-3H3,(H,19,23)/t14-/m1/s1. The Morgan fingerprint density at radius 1 is 1.32 bits per heavy atom. The van der Waals surface area contributed by atoms with Crippen molar-refractivity contribution < 1.29 is 9.59 Å². The average molecular weight is 358 g/mol. The number of hydrogen-bond acceptors (Lipinski definition) is 5. The second kappa shape index (κ2) is 7.31. The van der Waals surface area contributed by atoms with Crippen LogP contribution in [-0.4, -0.2) is 46.8 Å². The Bertz CT molecular complexity index is 785. The minimum atomic E-state index is -0.143. The van der Waals surface area contributed by atoms with Crippen LogP contribution in [-0.2, 0) is 0 Å². The third kappa shape index (κ3) is 3.71. The van der Waals surface area contributed by atoms with Crippen LogP contribution in [0, 0.1) is 13.8 Å². The van der Waals surface area contributed by atoms with Crippen LogP contribution in [0.5, 0.6) is 0 Å². The number of aromatic nitrogens is 2. The number of nitrogens with zero attached hydrogens (tertiary/aromatic N) is 3. The van der Waals surface area contributed by atoms with Gasteiger partial charge in [-0.15, -0.1) is 11.3 Å². The molecule has 0 radical (unpaired) electrons. The number of hydrogen-bond donors (Lipinski definition) is 1. The van der Waals surface area contributed by atoms with E-state index in [0.29, 0.717) is 12.1 Å². The van der Waals surface area contributed by atoms with Crippen molar-refractivity contribution in [2.75, 3.05) is 20.1 Å². The molecule has 1 atom stereocenters. The van der Waals surface area contributed by atoms with Gasteiger partial charge in [0.15, 0.2) is 0 Å². The zero-order chi connectivity index (χ0) is 18.0. The van der Waals surface area contributed by atoms with Gasteiger partial charge in [0.05, 0.1) is 16.3 Å². The van der Waals surface area contributed by atoms with Crippen LogP contribution in [0.25, 0.3) is 0 Å². The summed E-state index contributed by atoms with van der Waals surface area (Å²) in [4.78, 5) is 35.9. The summed E-state index contributed by atoms with van der Waals surface area (Å²) in [6, 6.07) is 3.68. The van der Waals surface area contributed by atoms with Crippen molar-refractivity contribution in [2.45, 2.75) is 32.6 Å². The molecule has 1 aliphatic rings. The molecule has 0 aromatic carbocycles. The molecule has 1 fully saturated rings. The first-order valence-electron chi connectivity index (χ1n) is 8.41. The molecule has 0 bridgehead atoms. The maximum Gasteiger partial charge on any atom is 0.265 e. The highest BCUT2D eigenvalue weighted by Gasteiger charge is 2.28. The molecular formula is C18H22N4O2S. The van der Waals surface area contributed by atoms with Crippen LogP contribution in [0.15, 0.2) is 18.3 Å². The Labute approximate surface area is 151 Å². The smallest absolute Gasteiger partial charge is 0.265 e. The van der Waals surface area contributed by atoms with Crippen molar-refractivity contribution in [2.24, 2.45) is 0 Å². The quantitative estimate of drug-likeness (QED) is 0.915. The number of carbonyl (C=O) groups is 2. The second-order valence-corrected chi connectivity index (χ2v) is 7.49. The molecule has 3 rings (SSSR count). The molecule has 6 nitrogen and oxygen atoms in total. The molecule has 3 heterocycles.